The highest BCUT2D eigenvalue weighted by Crippen LogP contribution is 2.18. The molecule has 1 fully saturated rings. The average molecular weight is 284 g/mol. The minimum Gasteiger partial charge on any atom is -0.310 e. The molecular weight excluding hydrogens is 270 g/mol. The minimum absolute atomic E-state index is 0.0671. The van der Waals surface area contributed by atoms with Gasteiger partial charge in [0, 0.05) is 25.3 Å². The minimum atomic E-state index is -0.0671. The molecule has 1 N–H and O–H groups in total. The second-order valence-electron chi connectivity index (χ2n) is 4.08. The smallest absolute Gasteiger partial charge is 0.267 e. The molecule has 0 unspecified atom stereocenters. The molecule has 16 heavy (non-hydrogen) atoms. The third-order valence-corrected chi connectivity index (χ3v) is 3.02. The van der Waals surface area contributed by atoms with Gasteiger partial charge in [0.1, 0.15) is 4.47 Å². The van der Waals surface area contributed by atoms with E-state index in [1.54, 1.807) is 4.57 Å². The van der Waals surface area contributed by atoms with E-state index in [0.29, 0.717) is 17.1 Å². The van der Waals surface area contributed by atoms with Crippen LogP contribution in [0.2, 0.25) is 0 Å². The van der Waals surface area contributed by atoms with Crippen molar-refractivity contribution in [2.24, 2.45) is 0 Å². The van der Waals surface area contributed by atoms with Gasteiger partial charge in [-0.3, -0.25) is 9.36 Å². The van der Waals surface area contributed by atoms with Crippen molar-refractivity contribution >= 4 is 15.9 Å². The number of aromatic nitrogens is 2. The molecule has 0 saturated heterocycles. The van der Waals surface area contributed by atoms with Crippen LogP contribution >= 0.6 is 15.9 Å². The quantitative estimate of drug-likeness (QED) is 0.829. The van der Waals surface area contributed by atoms with E-state index >= 15 is 0 Å². The molecule has 5 heteroatoms. The molecule has 0 aliphatic heterocycles. The molecule has 0 bridgehead atoms. The molecule has 1 aromatic heterocycles. The first-order valence-electron chi connectivity index (χ1n) is 5.27. The fourth-order valence-electron chi connectivity index (χ4n) is 1.41. The Bertz CT molecular complexity index is 451. The van der Waals surface area contributed by atoms with Gasteiger partial charge >= 0.3 is 0 Å². The van der Waals surface area contributed by atoms with Gasteiger partial charge in [-0.05, 0) is 34.3 Å². The van der Waals surface area contributed by atoms with Crippen LogP contribution in [0.4, 0.5) is 0 Å². The summed E-state index contributed by atoms with van der Waals surface area (Å²) >= 11 is 3.17. The molecule has 0 amide bonds. The zero-order valence-electron chi connectivity index (χ0n) is 8.95. The Labute approximate surface area is 103 Å². The Hall–Kier alpha value is -0.940. The van der Waals surface area contributed by atoms with Crippen molar-refractivity contribution < 1.29 is 0 Å². The molecule has 1 heterocycles. The first-order chi connectivity index (χ1) is 7.66. The predicted molar refractivity (Wildman–Crippen MR) is 66.4 cm³/mol. The van der Waals surface area contributed by atoms with Crippen LogP contribution in [0.3, 0.4) is 0 Å². The normalized spacial score (nSPS) is 15.1. The first kappa shape index (κ1) is 11.5. The fourth-order valence-corrected chi connectivity index (χ4v) is 1.76. The molecule has 1 aliphatic carbocycles. The van der Waals surface area contributed by atoms with Gasteiger partial charge in [-0.25, -0.2) is 4.98 Å². The number of hydrogen-bond donors (Lipinski definition) is 1. The molecule has 1 aromatic rings. The highest BCUT2D eigenvalue weighted by molar-refractivity contribution is 9.10. The molecule has 2 rings (SSSR count). The van der Waals surface area contributed by atoms with Crippen LogP contribution in [-0.2, 0) is 6.54 Å². The van der Waals surface area contributed by atoms with Gasteiger partial charge in [-0.1, -0.05) is 6.58 Å². The summed E-state index contributed by atoms with van der Waals surface area (Å²) in [5, 5.41) is 3.36. The van der Waals surface area contributed by atoms with Crippen LogP contribution in [0.5, 0.6) is 0 Å². The Balaban J connectivity index is 1.94. The van der Waals surface area contributed by atoms with Gasteiger partial charge in [0.15, 0.2) is 0 Å². The van der Waals surface area contributed by atoms with Crippen molar-refractivity contribution in [1.82, 2.24) is 14.9 Å². The van der Waals surface area contributed by atoms with Crippen LogP contribution in [0.1, 0.15) is 12.8 Å². The molecule has 0 aromatic carbocycles. The Morgan fingerprint density at radius 3 is 3.12 bits per heavy atom. The topological polar surface area (TPSA) is 46.9 Å². The van der Waals surface area contributed by atoms with E-state index in [1.807, 2.05) is 0 Å². The number of rotatable bonds is 5. The van der Waals surface area contributed by atoms with Gasteiger partial charge in [-0.2, -0.15) is 0 Å². The van der Waals surface area contributed by atoms with Crippen molar-refractivity contribution in [1.29, 1.82) is 0 Å². The molecule has 0 spiro atoms. The van der Waals surface area contributed by atoms with Crippen LogP contribution in [0, 0.1) is 0 Å². The summed E-state index contributed by atoms with van der Waals surface area (Å²) in [4.78, 5) is 15.6. The second-order valence-corrected chi connectivity index (χ2v) is 4.93. The summed E-state index contributed by atoms with van der Waals surface area (Å²) in [6.07, 6.45) is 5.55. The van der Waals surface area contributed by atoms with Crippen LogP contribution < -0.4 is 10.9 Å². The standard InChI is InChI=1S/C11H14BrN3O/c1-8(4-14-9-2-3-9)6-15-7-13-5-10(12)11(15)16/h5,7,9,14H,1-4,6H2. The highest BCUT2D eigenvalue weighted by Gasteiger charge is 2.20. The highest BCUT2D eigenvalue weighted by atomic mass is 79.9. The van der Waals surface area contributed by atoms with E-state index < -0.39 is 0 Å². The predicted octanol–water partition coefficient (Wildman–Crippen LogP) is 1.31. The van der Waals surface area contributed by atoms with Crippen LogP contribution in [0.25, 0.3) is 0 Å². The maximum atomic E-state index is 11.7. The number of nitrogens with one attached hydrogen (secondary N) is 1. The third-order valence-electron chi connectivity index (χ3n) is 2.47. The lowest BCUT2D eigenvalue weighted by Crippen LogP contribution is -2.26. The third kappa shape index (κ3) is 3.02. The number of nitrogens with zero attached hydrogens (tertiary/aromatic N) is 2. The summed E-state index contributed by atoms with van der Waals surface area (Å²) in [7, 11) is 0. The average Bonchev–Trinajstić information content (AvgIpc) is 3.06. The van der Waals surface area contributed by atoms with E-state index in [0.717, 1.165) is 12.1 Å². The first-order valence-corrected chi connectivity index (χ1v) is 6.06. The van der Waals surface area contributed by atoms with E-state index in [2.05, 4.69) is 32.8 Å². The SMILES string of the molecule is C=C(CNC1CC1)Cn1cncc(Br)c1=O. The number of halogens is 1. The van der Waals surface area contributed by atoms with Crippen molar-refractivity contribution in [2.75, 3.05) is 6.54 Å². The molecule has 1 saturated carbocycles. The van der Waals surface area contributed by atoms with E-state index in [-0.39, 0.29) is 5.56 Å². The lowest BCUT2D eigenvalue weighted by atomic mass is 10.3. The Kier molecular flexibility index (Phi) is 3.56. The summed E-state index contributed by atoms with van der Waals surface area (Å²) in [5.41, 5.74) is 0.927. The van der Waals surface area contributed by atoms with Crippen molar-refractivity contribution in [3.63, 3.8) is 0 Å². The van der Waals surface area contributed by atoms with Crippen molar-refractivity contribution in [3.8, 4) is 0 Å². The Morgan fingerprint density at radius 2 is 2.44 bits per heavy atom. The van der Waals surface area contributed by atoms with Crippen molar-refractivity contribution in [3.05, 3.63) is 39.5 Å². The van der Waals surface area contributed by atoms with E-state index in [9.17, 15) is 4.79 Å². The monoisotopic (exact) mass is 283 g/mol. The maximum Gasteiger partial charge on any atom is 0.267 e. The summed E-state index contributed by atoms with van der Waals surface area (Å²) in [6, 6.07) is 0.661. The zero-order valence-corrected chi connectivity index (χ0v) is 10.5. The molecular formula is C11H14BrN3O. The van der Waals surface area contributed by atoms with Gasteiger partial charge in [0.25, 0.3) is 5.56 Å². The van der Waals surface area contributed by atoms with Crippen LogP contribution in [-0.4, -0.2) is 22.1 Å². The lowest BCUT2D eigenvalue weighted by molar-refractivity contribution is 0.660. The van der Waals surface area contributed by atoms with Gasteiger partial charge in [-0.15, -0.1) is 0 Å². The van der Waals surface area contributed by atoms with Crippen LogP contribution in [0.15, 0.2) is 33.9 Å². The molecule has 0 atom stereocenters. The second kappa shape index (κ2) is 4.93. The van der Waals surface area contributed by atoms with Gasteiger partial charge in [0.2, 0.25) is 0 Å². The van der Waals surface area contributed by atoms with E-state index in [4.69, 9.17) is 0 Å². The van der Waals surface area contributed by atoms with Gasteiger partial charge in [0.05, 0.1) is 6.33 Å². The number of hydrogen-bond acceptors (Lipinski definition) is 3. The fraction of sp³-hybridized carbons (Fsp3) is 0.455. The molecule has 4 nitrogen and oxygen atoms in total. The molecule has 0 radical (unpaired) electrons. The summed E-state index contributed by atoms with van der Waals surface area (Å²) in [6.45, 7) is 5.24. The Morgan fingerprint density at radius 1 is 1.69 bits per heavy atom. The van der Waals surface area contributed by atoms with Gasteiger partial charge < -0.3 is 5.32 Å². The maximum absolute atomic E-state index is 11.7. The van der Waals surface area contributed by atoms with E-state index in [1.165, 1.54) is 25.4 Å². The van der Waals surface area contributed by atoms with Crippen molar-refractivity contribution in [2.45, 2.75) is 25.4 Å². The summed E-state index contributed by atoms with van der Waals surface area (Å²) in [5.74, 6) is 0. The summed E-state index contributed by atoms with van der Waals surface area (Å²) < 4.78 is 2.04. The lowest BCUT2D eigenvalue weighted by Gasteiger charge is -2.09. The zero-order chi connectivity index (χ0) is 11.5. The molecule has 1 aliphatic rings. The largest absolute Gasteiger partial charge is 0.310 e. The molecule has 86 valence electrons.